The minimum Gasteiger partial charge on any atom is -0.497 e. The van der Waals surface area contributed by atoms with E-state index in [1.165, 1.54) is 35.3 Å². The van der Waals surface area contributed by atoms with Gasteiger partial charge in [0.1, 0.15) is 17.8 Å². The van der Waals surface area contributed by atoms with Crippen molar-refractivity contribution in [2.45, 2.75) is 46.4 Å². The number of nitrogens with zero attached hydrogens (tertiary/aromatic N) is 5. The number of aromatic nitrogens is 3. The van der Waals surface area contributed by atoms with E-state index in [0.29, 0.717) is 22.4 Å². The number of halogens is 3. The van der Waals surface area contributed by atoms with Crippen LogP contribution in [-0.2, 0) is 0 Å². The first-order chi connectivity index (χ1) is 22.4. The molecule has 1 aliphatic heterocycles. The molecule has 13 heteroatoms. The van der Waals surface area contributed by atoms with Gasteiger partial charge in [-0.1, -0.05) is 55.9 Å². The predicted octanol–water partition coefficient (Wildman–Crippen LogP) is 8.42. The van der Waals surface area contributed by atoms with E-state index >= 15 is 0 Å². The van der Waals surface area contributed by atoms with E-state index in [4.69, 9.17) is 4.74 Å². The van der Waals surface area contributed by atoms with Gasteiger partial charge in [-0.2, -0.15) is 4.99 Å². The monoisotopic (exact) mass is 664 g/mol. The Bertz CT molecular complexity index is 1780. The van der Waals surface area contributed by atoms with Crippen LogP contribution in [0.4, 0.5) is 23.7 Å². The Labute approximate surface area is 275 Å². The second-order valence-corrected chi connectivity index (χ2v) is 12.2. The first kappa shape index (κ1) is 33.6. The second kappa shape index (κ2) is 14.3. The molecular formula is C34H35F3N6O3S. The molecular weight excluding hydrogens is 629 g/mol. The molecule has 246 valence electrons. The van der Waals surface area contributed by atoms with Crippen LogP contribution in [0.5, 0.6) is 11.5 Å². The number of hydrogen-bond acceptors (Lipinski definition) is 6. The minimum absolute atomic E-state index is 0.283. The summed E-state index contributed by atoms with van der Waals surface area (Å²) in [4.78, 5) is 24.1. The lowest BCUT2D eigenvalue weighted by Crippen LogP contribution is -2.36. The molecule has 0 aliphatic carbocycles. The molecule has 1 aromatic heterocycles. The van der Waals surface area contributed by atoms with E-state index in [9.17, 15) is 18.0 Å². The lowest BCUT2D eigenvalue weighted by atomic mass is 10.00. The number of amidine groups is 1. The number of hydrogen-bond donors (Lipinski definition) is 1. The Morgan fingerprint density at radius 2 is 1.72 bits per heavy atom. The maximum absolute atomic E-state index is 13.1. The number of methoxy groups -OCH3 is 1. The number of ether oxygens (including phenoxy) is 2. The molecule has 0 radical (unpaired) electrons. The molecule has 2 heterocycles. The molecule has 5 rings (SSSR count). The third-order valence-corrected chi connectivity index (χ3v) is 8.66. The van der Waals surface area contributed by atoms with Crippen molar-refractivity contribution in [1.29, 1.82) is 0 Å². The Morgan fingerprint density at radius 3 is 2.38 bits per heavy atom. The van der Waals surface area contributed by atoms with E-state index in [0.717, 1.165) is 52.4 Å². The SMILES string of the molecule is COc1ccc(C(C)C)c(N2CCCSC2=NC(=O)N/C(C)=C(\C)c2ccc(-c3ncn(-c4ccc(OC(F)(F)F)cc4)n3)cc2)c1. The van der Waals surface area contributed by atoms with Gasteiger partial charge in [-0.15, -0.1) is 18.3 Å². The van der Waals surface area contributed by atoms with Crippen molar-refractivity contribution in [2.24, 2.45) is 4.99 Å². The highest BCUT2D eigenvalue weighted by atomic mass is 32.2. The van der Waals surface area contributed by atoms with Crippen molar-refractivity contribution in [3.63, 3.8) is 0 Å². The number of amides is 2. The summed E-state index contributed by atoms with van der Waals surface area (Å²) < 4.78 is 48.2. The number of carbonyl (C=O) groups is 1. The average Bonchev–Trinajstić information content (AvgIpc) is 3.54. The summed E-state index contributed by atoms with van der Waals surface area (Å²) in [5.41, 5.74) is 5.87. The van der Waals surface area contributed by atoms with Gasteiger partial charge < -0.3 is 19.7 Å². The molecule has 4 aromatic rings. The van der Waals surface area contributed by atoms with E-state index in [1.54, 1.807) is 18.9 Å². The van der Waals surface area contributed by atoms with Crippen LogP contribution < -0.4 is 19.7 Å². The summed E-state index contributed by atoms with van der Waals surface area (Å²) in [6.07, 6.45) is -2.30. The summed E-state index contributed by atoms with van der Waals surface area (Å²) in [5.74, 6) is 2.04. The molecule has 47 heavy (non-hydrogen) atoms. The minimum atomic E-state index is -4.76. The molecule has 0 unspecified atom stereocenters. The van der Waals surface area contributed by atoms with Crippen LogP contribution in [0.2, 0.25) is 0 Å². The fourth-order valence-corrected chi connectivity index (χ4v) is 5.97. The number of anilines is 1. The zero-order chi connectivity index (χ0) is 33.7. The topological polar surface area (TPSA) is 93.9 Å². The predicted molar refractivity (Wildman–Crippen MR) is 179 cm³/mol. The fourth-order valence-electron chi connectivity index (χ4n) is 5.02. The van der Waals surface area contributed by atoms with Crippen LogP contribution >= 0.6 is 11.8 Å². The number of allylic oxidation sites excluding steroid dienone is 2. The van der Waals surface area contributed by atoms with Gasteiger partial charge in [0.05, 0.1) is 12.8 Å². The van der Waals surface area contributed by atoms with Crippen LogP contribution in [0.1, 0.15) is 51.2 Å². The fraction of sp³-hybridized carbons (Fsp3) is 0.294. The number of thioether (sulfide) groups is 1. The number of nitrogens with one attached hydrogen (secondary N) is 1. The third-order valence-electron chi connectivity index (χ3n) is 7.60. The molecule has 1 fully saturated rings. The van der Waals surface area contributed by atoms with Gasteiger partial charge in [0.2, 0.25) is 0 Å². The molecule has 0 saturated carbocycles. The molecule has 9 nitrogen and oxygen atoms in total. The molecule has 1 aliphatic rings. The van der Waals surface area contributed by atoms with Gasteiger partial charge in [-0.05, 0) is 73.2 Å². The standard InChI is InChI=1S/C34H35F3N6O3S/c1-21(2)29-16-15-28(45-5)19-30(29)42-17-6-18-47-33(42)40-32(44)39-23(4)22(3)24-7-9-25(10-8-24)31-38-20-43(41-31)26-11-13-27(14-12-26)46-34(35,36)37/h7-16,19-21H,6,17-18H2,1-5H3,(H,39,44)/b23-22+,40-33?. The highest BCUT2D eigenvalue weighted by Gasteiger charge is 2.31. The van der Waals surface area contributed by atoms with Crippen molar-refractivity contribution < 1.29 is 27.4 Å². The van der Waals surface area contributed by atoms with Crippen molar-refractivity contribution in [2.75, 3.05) is 24.3 Å². The molecule has 1 saturated heterocycles. The normalized spacial score (nSPS) is 15.1. The first-order valence-corrected chi connectivity index (χ1v) is 15.9. The highest BCUT2D eigenvalue weighted by molar-refractivity contribution is 8.14. The van der Waals surface area contributed by atoms with Crippen molar-refractivity contribution >= 4 is 34.2 Å². The summed E-state index contributed by atoms with van der Waals surface area (Å²) in [7, 11) is 1.64. The zero-order valence-corrected chi connectivity index (χ0v) is 27.4. The Kier molecular flexibility index (Phi) is 10.2. The second-order valence-electron chi connectivity index (χ2n) is 11.1. The lowest BCUT2D eigenvalue weighted by Gasteiger charge is -2.32. The van der Waals surface area contributed by atoms with Gasteiger partial charge in [-0.3, -0.25) is 0 Å². The number of rotatable bonds is 8. The van der Waals surface area contributed by atoms with Crippen LogP contribution in [0.25, 0.3) is 22.6 Å². The summed E-state index contributed by atoms with van der Waals surface area (Å²) in [5, 5.41) is 8.04. The number of alkyl halides is 3. The Hall–Kier alpha value is -4.78. The Balaban J connectivity index is 1.28. The Morgan fingerprint density at radius 1 is 1.02 bits per heavy atom. The quantitative estimate of drug-likeness (QED) is 0.202. The number of aliphatic imine (C=N–C) groups is 1. The van der Waals surface area contributed by atoms with E-state index < -0.39 is 12.4 Å². The highest BCUT2D eigenvalue weighted by Crippen LogP contribution is 2.35. The van der Waals surface area contributed by atoms with Gasteiger partial charge >= 0.3 is 12.4 Å². The summed E-state index contributed by atoms with van der Waals surface area (Å²) in [6, 6.07) is 18.5. The third kappa shape index (κ3) is 8.33. The van der Waals surface area contributed by atoms with Crippen molar-refractivity contribution in [3.05, 3.63) is 89.9 Å². The van der Waals surface area contributed by atoms with E-state index in [1.807, 2.05) is 50.2 Å². The van der Waals surface area contributed by atoms with Gasteiger partial charge in [0.25, 0.3) is 0 Å². The maximum atomic E-state index is 13.1. The summed E-state index contributed by atoms with van der Waals surface area (Å²) >= 11 is 1.56. The molecule has 0 bridgehead atoms. The van der Waals surface area contributed by atoms with Gasteiger partial charge in [0.15, 0.2) is 11.0 Å². The lowest BCUT2D eigenvalue weighted by molar-refractivity contribution is -0.274. The number of benzene rings is 3. The molecule has 0 spiro atoms. The maximum Gasteiger partial charge on any atom is 0.573 e. The smallest absolute Gasteiger partial charge is 0.497 e. The molecule has 0 atom stereocenters. The van der Waals surface area contributed by atoms with E-state index in [-0.39, 0.29) is 11.7 Å². The van der Waals surface area contributed by atoms with Gasteiger partial charge in [0, 0.05) is 35.3 Å². The molecule has 1 N–H and O–H groups in total. The van der Waals surface area contributed by atoms with Crippen molar-refractivity contribution in [1.82, 2.24) is 20.1 Å². The number of carbonyl (C=O) groups excluding carboxylic acids is 1. The number of urea groups is 1. The largest absolute Gasteiger partial charge is 0.573 e. The van der Waals surface area contributed by atoms with Crippen LogP contribution in [0.3, 0.4) is 0 Å². The van der Waals surface area contributed by atoms with Crippen LogP contribution in [0.15, 0.2) is 83.7 Å². The molecule has 3 aromatic carbocycles. The van der Waals surface area contributed by atoms with Crippen LogP contribution in [0, 0.1) is 0 Å². The van der Waals surface area contributed by atoms with Gasteiger partial charge in [-0.25, -0.2) is 14.5 Å². The average molecular weight is 665 g/mol. The van der Waals surface area contributed by atoms with E-state index in [2.05, 4.69) is 49.9 Å². The summed E-state index contributed by atoms with van der Waals surface area (Å²) in [6.45, 7) is 8.79. The van der Waals surface area contributed by atoms with Crippen LogP contribution in [-0.4, -0.2) is 51.7 Å². The van der Waals surface area contributed by atoms with Crippen molar-refractivity contribution in [3.8, 4) is 28.6 Å². The molecule has 2 amide bonds. The zero-order valence-electron chi connectivity index (χ0n) is 26.6. The first-order valence-electron chi connectivity index (χ1n) is 15.0.